The Hall–Kier alpha value is -1.84. The van der Waals surface area contributed by atoms with Gasteiger partial charge in [-0.1, -0.05) is 28.1 Å². The fourth-order valence-electron chi connectivity index (χ4n) is 1.75. The lowest BCUT2D eigenvalue weighted by molar-refractivity contribution is 1.22. The summed E-state index contributed by atoms with van der Waals surface area (Å²) in [5.74, 6) is 0. The van der Waals surface area contributed by atoms with Gasteiger partial charge in [0.15, 0.2) is 0 Å². The minimum absolute atomic E-state index is 0.0789. The lowest BCUT2D eigenvalue weighted by Crippen LogP contribution is -2.15. The minimum atomic E-state index is -0.417. The molecule has 0 bridgehead atoms. The first-order valence-corrected chi connectivity index (χ1v) is 7.56. The first-order chi connectivity index (χ1) is 9.58. The van der Waals surface area contributed by atoms with E-state index < -0.39 is 5.43 Å². The third kappa shape index (κ3) is 2.69. The summed E-state index contributed by atoms with van der Waals surface area (Å²) in [4.78, 5) is 12.8. The summed E-state index contributed by atoms with van der Waals surface area (Å²) in [6, 6.07) is 9.46. The molecule has 0 fully saturated rings. The van der Waals surface area contributed by atoms with E-state index in [1.165, 1.54) is 11.3 Å². The maximum atomic E-state index is 12.2. The molecule has 4 nitrogen and oxygen atoms in total. The molecule has 0 unspecified atom stereocenters. The summed E-state index contributed by atoms with van der Waals surface area (Å²) in [6.07, 6.45) is 0. The lowest BCUT2D eigenvalue weighted by atomic mass is 10.1. The smallest absolute Gasteiger partial charge is 0.223 e. The maximum Gasteiger partial charge on any atom is 0.223 e. The van der Waals surface area contributed by atoms with Crippen LogP contribution in [0.25, 0.3) is 10.4 Å². The van der Waals surface area contributed by atoms with Gasteiger partial charge in [0, 0.05) is 11.0 Å². The van der Waals surface area contributed by atoms with Gasteiger partial charge in [-0.15, -0.1) is 11.3 Å². The molecule has 0 spiro atoms. The zero-order valence-electron chi connectivity index (χ0n) is 10.7. The zero-order chi connectivity index (χ0) is 14.7. The van der Waals surface area contributed by atoms with E-state index in [4.69, 9.17) is 11.0 Å². The number of nitriles is 1. The van der Waals surface area contributed by atoms with Crippen LogP contribution < -0.4 is 16.5 Å². The topological polar surface area (TPSA) is 78.9 Å². The molecule has 3 N–H and O–H groups in total. The monoisotopic (exact) mass is 349 g/mol. The van der Waals surface area contributed by atoms with E-state index in [0.717, 1.165) is 10.0 Å². The molecule has 0 aliphatic heterocycles. The summed E-state index contributed by atoms with van der Waals surface area (Å²) in [6.45, 7) is 2.54. The lowest BCUT2D eigenvalue weighted by Gasteiger charge is -2.10. The quantitative estimate of drug-likeness (QED) is 0.889. The molecule has 20 heavy (non-hydrogen) atoms. The number of nitrogens with zero attached hydrogens (tertiary/aromatic N) is 1. The van der Waals surface area contributed by atoms with Crippen molar-refractivity contribution in [1.82, 2.24) is 0 Å². The van der Waals surface area contributed by atoms with Crippen molar-refractivity contribution in [1.29, 1.82) is 5.26 Å². The Kier molecular flexibility index (Phi) is 4.42. The number of halogens is 1. The highest BCUT2D eigenvalue weighted by Crippen LogP contribution is 2.34. The molecular weight excluding hydrogens is 338 g/mol. The Labute approximate surface area is 129 Å². The van der Waals surface area contributed by atoms with Gasteiger partial charge in [0.1, 0.15) is 16.6 Å². The largest absolute Gasteiger partial charge is 0.394 e. The van der Waals surface area contributed by atoms with Crippen molar-refractivity contribution < 1.29 is 0 Å². The summed E-state index contributed by atoms with van der Waals surface area (Å²) in [5.41, 5.74) is 6.54. The average molecular weight is 350 g/mol. The number of nitrogens with one attached hydrogen (secondary N) is 1. The number of nitrogens with two attached hydrogens (primary N) is 1. The van der Waals surface area contributed by atoms with Crippen LogP contribution in [-0.2, 0) is 0 Å². The predicted octanol–water partition coefficient (Wildman–Crippen LogP) is 3.42. The molecule has 0 aliphatic carbocycles. The third-order valence-electron chi connectivity index (χ3n) is 2.70. The van der Waals surface area contributed by atoms with Gasteiger partial charge in [-0.25, -0.2) is 0 Å². The standard InChI is InChI=1S/C14H12BrN3OS/c1-2-18-14-10(7-16)12(19)11(17)13(20-14)8-3-5-9(15)6-4-8/h3-6,18H,2,17H2,1H3. The van der Waals surface area contributed by atoms with Crippen molar-refractivity contribution in [2.75, 3.05) is 17.6 Å². The Morgan fingerprint density at radius 1 is 1.40 bits per heavy atom. The molecule has 2 aromatic rings. The Morgan fingerprint density at radius 2 is 2.05 bits per heavy atom. The number of anilines is 2. The molecule has 6 heteroatoms. The zero-order valence-corrected chi connectivity index (χ0v) is 13.1. The Bertz CT molecular complexity index is 732. The van der Waals surface area contributed by atoms with Crippen molar-refractivity contribution >= 4 is 38.0 Å². The van der Waals surface area contributed by atoms with Gasteiger partial charge in [-0.05, 0) is 24.6 Å². The van der Waals surface area contributed by atoms with Crippen LogP contribution >= 0.6 is 27.3 Å². The van der Waals surface area contributed by atoms with Crippen LogP contribution in [0.2, 0.25) is 0 Å². The molecule has 1 heterocycles. The SMILES string of the molecule is CCNc1sc(-c2ccc(Br)cc2)c(N)c(=O)c1C#N. The average Bonchev–Trinajstić information content (AvgIpc) is 2.44. The van der Waals surface area contributed by atoms with Crippen LogP contribution in [0.5, 0.6) is 0 Å². The summed E-state index contributed by atoms with van der Waals surface area (Å²) >= 11 is 4.69. The van der Waals surface area contributed by atoms with Gasteiger partial charge in [-0.3, -0.25) is 4.79 Å². The van der Waals surface area contributed by atoms with Crippen molar-refractivity contribution in [3.8, 4) is 16.5 Å². The highest BCUT2D eigenvalue weighted by Gasteiger charge is 2.16. The molecule has 0 radical (unpaired) electrons. The number of benzene rings is 1. The van der Waals surface area contributed by atoms with E-state index in [-0.39, 0.29) is 11.3 Å². The van der Waals surface area contributed by atoms with E-state index in [1.54, 1.807) is 0 Å². The van der Waals surface area contributed by atoms with Crippen molar-refractivity contribution in [2.45, 2.75) is 6.92 Å². The van der Waals surface area contributed by atoms with Gasteiger partial charge in [0.2, 0.25) is 5.43 Å². The molecule has 1 aromatic carbocycles. The Morgan fingerprint density at radius 3 is 2.60 bits per heavy atom. The number of rotatable bonds is 3. The molecule has 1 aromatic heterocycles. The van der Waals surface area contributed by atoms with Gasteiger partial charge in [0.05, 0.1) is 10.6 Å². The van der Waals surface area contributed by atoms with E-state index in [9.17, 15) is 4.79 Å². The second kappa shape index (κ2) is 6.07. The molecule has 0 saturated heterocycles. The minimum Gasteiger partial charge on any atom is -0.394 e. The van der Waals surface area contributed by atoms with E-state index in [0.29, 0.717) is 16.4 Å². The van der Waals surface area contributed by atoms with E-state index in [2.05, 4.69) is 21.2 Å². The highest BCUT2D eigenvalue weighted by atomic mass is 79.9. The molecule has 2 rings (SSSR count). The first kappa shape index (κ1) is 14.6. The molecule has 102 valence electrons. The number of nitrogen functional groups attached to an aromatic ring is 1. The predicted molar refractivity (Wildman–Crippen MR) is 87.0 cm³/mol. The third-order valence-corrected chi connectivity index (χ3v) is 4.44. The molecule has 0 saturated carbocycles. The fourth-order valence-corrected chi connectivity index (χ4v) is 3.13. The van der Waals surface area contributed by atoms with Crippen LogP contribution in [0.4, 0.5) is 10.7 Å². The van der Waals surface area contributed by atoms with Crippen LogP contribution in [0.15, 0.2) is 33.5 Å². The first-order valence-electron chi connectivity index (χ1n) is 5.95. The summed E-state index contributed by atoms with van der Waals surface area (Å²) < 4.78 is 0.952. The normalized spacial score (nSPS) is 10.1. The van der Waals surface area contributed by atoms with Crippen LogP contribution in [0, 0.1) is 11.3 Å². The van der Waals surface area contributed by atoms with Crippen molar-refractivity contribution in [3.05, 3.63) is 44.5 Å². The maximum absolute atomic E-state index is 12.2. The van der Waals surface area contributed by atoms with E-state index >= 15 is 0 Å². The van der Waals surface area contributed by atoms with Gasteiger partial charge in [0.25, 0.3) is 0 Å². The second-order valence-corrected chi connectivity index (χ2v) is 5.96. The van der Waals surface area contributed by atoms with Crippen molar-refractivity contribution in [2.24, 2.45) is 0 Å². The molecule has 0 atom stereocenters. The molecule has 0 amide bonds. The summed E-state index contributed by atoms with van der Waals surface area (Å²) in [5, 5.41) is 12.7. The van der Waals surface area contributed by atoms with Crippen LogP contribution in [0.3, 0.4) is 0 Å². The van der Waals surface area contributed by atoms with Gasteiger partial charge < -0.3 is 11.1 Å². The van der Waals surface area contributed by atoms with Gasteiger partial charge >= 0.3 is 0 Å². The summed E-state index contributed by atoms with van der Waals surface area (Å²) in [7, 11) is 0. The molecule has 0 aliphatic rings. The van der Waals surface area contributed by atoms with Gasteiger partial charge in [-0.2, -0.15) is 5.26 Å². The highest BCUT2D eigenvalue weighted by molar-refractivity contribution is 9.10. The molecular formula is C14H12BrN3OS. The van der Waals surface area contributed by atoms with E-state index in [1.807, 2.05) is 37.3 Å². The van der Waals surface area contributed by atoms with Crippen molar-refractivity contribution in [3.63, 3.8) is 0 Å². The van der Waals surface area contributed by atoms with Crippen LogP contribution in [-0.4, -0.2) is 6.54 Å². The Balaban J connectivity index is 2.68. The van der Waals surface area contributed by atoms with Crippen LogP contribution in [0.1, 0.15) is 12.5 Å². The second-order valence-electron chi connectivity index (χ2n) is 4.03. The number of hydrogen-bond acceptors (Lipinski definition) is 5. The number of hydrogen-bond donors (Lipinski definition) is 2. The fraction of sp³-hybridized carbons (Fsp3) is 0.143.